The van der Waals surface area contributed by atoms with Crippen LogP contribution in [-0.4, -0.2) is 26.2 Å². The summed E-state index contributed by atoms with van der Waals surface area (Å²) in [6.07, 6.45) is 0. The SMILES string of the molecule is COC(=O)[C@@H]1C2[C@@H]3[C@@H]4C([C@H]5C4C3(C)[C@H]25)[C@@H]1C(=O)OC. The molecule has 0 saturated heterocycles. The second kappa shape index (κ2) is 2.70. The summed E-state index contributed by atoms with van der Waals surface area (Å²) in [4.78, 5) is 24.3. The molecule has 0 amide bonds. The molecule has 0 aromatic heterocycles. The first kappa shape index (κ1) is 10.7. The number of rotatable bonds is 2. The monoisotopic (exact) mass is 262 g/mol. The summed E-state index contributed by atoms with van der Waals surface area (Å²) in [6.45, 7) is 2.39. The lowest BCUT2D eigenvalue weighted by Gasteiger charge is -2.99. The van der Waals surface area contributed by atoms with Gasteiger partial charge in [0.05, 0.1) is 26.1 Å². The molecule has 0 aromatic carbocycles. The van der Waals surface area contributed by atoms with Crippen molar-refractivity contribution in [3.05, 3.63) is 0 Å². The molecule has 4 unspecified atom stereocenters. The van der Waals surface area contributed by atoms with Crippen LogP contribution in [0.4, 0.5) is 0 Å². The molecule has 0 N–H and O–H groups in total. The van der Waals surface area contributed by atoms with Gasteiger partial charge in [0.1, 0.15) is 0 Å². The Balaban J connectivity index is 1.57. The maximum absolute atomic E-state index is 12.2. The van der Waals surface area contributed by atoms with Gasteiger partial charge in [-0.25, -0.2) is 0 Å². The lowest BCUT2D eigenvalue weighted by molar-refractivity contribution is -0.526. The average molecular weight is 262 g/mol. The van der Waals surface area contributed by atoms with E-state index >= 15 is 0 Å². The molecule has 2 bridgehead atoms. The third-order valence-electron chi connectivity index (χ3n) is 7.69. The highest BCUT2D eigenvalue weighted by atomic mass is 16.5. The van der Waals surface area contributed by atoms with Crippen molar-refractivity contribution < 1.29 is 19.1 Å². The minimum Gasteiger partial charge on any atom is -0.469 e. The van der Waals surface area contributed by atoms with E-state index < -0.39 is 0 Å². The fourth-order valence-corrected chi connectivity index (χ4v) is 7.59. The molecular weight excluding hydrogens is 244 g/mol. The highest BCUT2D eigenvalue weighted by molar-refractivity contribution is 5.84. The van der Waals surface area contributed by atoms with E-state index in [-0.39, 0.29) is 23.8 Å². The first-order chi connectivity index (χ1) is 9.08. The lowest BCUT2D eigenvalue weighted by atomic mass is 9.04. The minimum atomic E-state index is -0.237. The van der Waals surface area contributed by atoms with Gasteiger partial charge in [-0.3, -0.25) is 9.59 Å². The summed E-state index contributed by atoms with van der Waals surface area (Å²) in [5.74, 6) is 3.57. The van der Waals surface area contributed by atoms with Crippen LogP contribution >= 0.6 is 0 Å². The Morgan fingerprint density at radius 1 is 0.789 bits per heavy atom. The number of hydrogen-bond acceptors (Lipinski definition) is 4. The van der Waals surface area contributed by atoms with E-state index in [4.69, 9.17) is 9.47 Å². The second-order valence-electron chi connectivity index (χ2n) is 7.35. The predicted molar refractivity (Wildman–Crippen MR) is 63.5 cm³/mol. The Hall–Kier alpha value is -1.06. The van der Waals surface area contributed by atoms with Gasteiger partial charge in [-0.1, -0.05) is 6.92 Å². The number of methoxy groups -OCH3 is 2. The summed E-state index contributed by atoms with van der Waals surface area (Å²) in [7, 11) is 2.86. The van der Waals surface area contributed by atoms with Crippen molar-refractivity contribution in [1.29, 1.82) is 0 Å². The van der Waals surface area contributed by atoms with Crippen LogP contribution in [0, 0.1) is 58.7 Å². The number of ether oxygens (including phenoxy) is 2. The molecule has 102 valence electrons. The van der Waals surface area contributed by atoms with E-state index in [9.17, 15) is 9.59 Å². The molecule has 19 heavy (non-hydrogen) atoms. The summed E-state index contributed by atoms with van der Waals surface area (Å²) < 4.78 is 9.95. The average Bonchev–Trinajstić information content (AvgIpc) is 2.42. The number of carbonyl (C=O) groups excluding carboxylic acids is 2. The Morgan fingerprint density at radius 2 is 1.21 bits per heavy atom. The van der Waals surface area contributed by atoms with Gasteiger partial charge in [0.2, 0.25) is 0 Å². The predicted octanol–water partition coefficient (Wildman–Crippen LogP) is 0.952. The van der Waals surface area contributed by atoms with Gasteiger partial charge in [0, 0.05) is 0 Å². The van der Waals surface area contributed by atoms with Crippen LogP contribution in [0.3, 0.4) is 0 Å². The molecule has 10 atom stereocenters. The molecule has 0 aromatic rings. The maximum Gasteiger partial charge on any atom is 0.309 e. The number of esters is 2. The molecular formula is C15H18O4. The van der Waals surface area contributed by atoms with Crippen molar-refractivity contribution in [1.82, 2.24) is 0 Å². The van der Waals surface area contributed by atoms with Gasteiger partial charge in [-0.15, -0.1) is 0 Å². The molecule has 0 aliphatic heterocycles. The van der Waals surface area contributed by atoms with Crippen molar-refractivity contribution in [2.24, 2.45) is 58.7 Å². The number of fused-ring (bicyclic) bond motifs is 1. The fourth-order valence-electron chi connectivity index (χ4n) is 7.59. The molecule has 4 heteroatoms. The first-order valence-electron chi connectivity index (χ1n) is 7.24. The van der Waals surface area contributed by atoms with Crippen LogP contribution in [0.1, 0.15) is 6.92 Å². The molecule has 4 nitrogen and oxygen atoms in total. The molecule has 6 fully saturated rings. The summed E-state index contributed by atoms with van der Waals surface area (Å²) in [5, 5.41) is 0. The quantitative estimate of drug-likeness (QED) is 0.695. The smallest absolute Gasteiger partial charge is 0.309 e. The van der Waals surface area contributed by atoms with E-state index in [1.54, 1.807) is 0 Å². The third-order valence-corrected chi connectivity index (χ3v) is 7.69. The van der Waals surface area contributed by atoms with Crippen molar-refractivity contribution >= 4 is 11.9 Å². The van der Waals surface area contributed by atoms with Crippen LogP contribution in [0.5, 0.6) is 0 Å². The molecule has 0 spiro atoms. The Bertz CT molecular complexity index is 506. The maximum atomic E-state index is 12.2. The Labute approximate surface area is 111 Å². The summed E-state index contributed by atoms with van der Waals surface area (Å²) in [5.41, 5.74) is 0.518. The van der Waals surface area contributed by atoms with E-state index in [2.05, 4.69) is 6.92 Å². The van der Waals surface area contributed by atoms with Gasteiger partial charge in [0.25, 0.3) is 0 Å². The lowest BCUT2D eigenvalue weighted by Crippen LogP contribution is -2.97. The second-order valence-corrected chi connectivity index (χ2v) is 7.35. The molecule has 6 saturated carbocycles. The standard InChI is InChI=1S/C15H18O4/c1-15-10-7-4-5(13(16)18-2)6(14(17)19-3)9(11(7)15)12(15)8(4)10/h4-12H,1-3H3/t4?,5-,6-,7-,8+,9?,10?,11-,12-,15?/m0/s1. The summed E-state index contributed by atoms with van der Waals surface area (Å²) in [6, 6.07) is 0. The van der Waals surface area contributed by atoms with Crippen LogP contribution in [0.15, 0.2) is 0 Å². The summed E-state index contributed by atoms with van der Waals surface area (Å²) >= 11 is 0. The zero-order valence-electron chi connectivity index (χ0n) is 11.3. The van der Waals surface area contributed by atoms with E-state index in [0.29, 0.717) is 40.9 Å². The van der Waals surface area contributed by atoms with Crippen molar-refractivity contribution in [2.45, 2.75) is 6.92 Å². The number of carbonyl (C=O) groups is 2. The van der Waals surface area contributed by atoms with Gasteiger partial charge in [-0.05, 0) is 46.8 Å². The fraction of sp³-hybridized carbons (Fsp3) is 0.867. The van der Waals surface area contributed by atoms with Gasteiger partial charge in [0.15, 0.2) is 0 Å². The highest BCUT2D eigenvalue weighted by Crippen LogP contribution is 2.98. The number of hydrogen-bond donors (Lipinski definition) is 0. The zero-order chi connectivity index (χ0) is 13.3. The normalized spacial score (nSPS) is 64.7. The van der Waals surface area contributed by atoms with Crippen molar-refractivity contribution in [2.75, 3.05) is 14.2 Å². The van der Waals surface area contributed by atoms with E-state index in [0.717, 1.165) is 5.92 Å². The van der Waals surface area contributed by atoms with Gasteiger partial charge in [-0.2, -0.15) is 0 Å². The van der Waals surface area contributed by atoms with Crippen LogP contribution < -0.4 is 0 Å². The van der Waals surface area contributed by atoms with Crippen LogP contribution in [0.25, 0.3) is 0 Å². The third kappa shape index (κ3) is 0.711. The molecule has 0 radical (unpaired) electrons. The van der Waals surface area contributed by atoms with Crippen LogP contribution in [-0.2, 0) is 19.1 Å². The Kier molecular flexibility index (Phi) is 1.52. The van der Waals surface area contributed by atoms with E-state index in [1.165, 1.54) is 14.2 Å². The first-order valence-corrected chi connectivity index (χ1v) is 7.24. The molecule has 6 aliphatic carbocycles. The highest BCUT2D eigenvalue weighted by Gasteiger charge is 2.97. The Morgan fingerprint density at radius 3 is 1.68 bits per heavy atom. The zero-order valence-corrected chi connectivity index (χ0v) is 11.3. The van der Waals surface area contributed by atoms with Crippen molar-refractivity contribution in [3.8, 4) is 0 Å². The largest absolute Gasteiger partial charge is 0.469 e. The van der Waals surface area contributed by atoms with Crippen LogP contribution in [0.2, 0.25) is 0 Å². The minimum absolute atomic E-state index is 0.193. The molecule has 0 heterocycles. The molecule has 6 rings (SSSR count). The van der Waals surface area contributed by atoms with Gasteiger partial charge >= 0.3 is 11.9 Å². The topological polar surface area (TPSA) is 52.6 Å². The van der Waals surface area contributed by atoms with E-state index in [1.807, 2.05) is 0 Å². The molecule has 6 aliphatic rings. The van der Waals surface area contributed by atoms with Gasteiger partial charge < -0.3 is 9.47 Å². The van der Waals surface area contributed by atoms with Crippen molar-refractivity contribution in [3.63, 3.8) is 0 Å².